The third-order valence-electron chi connectivity index (χ3n) is 4.26. The number of hydrogen-bond donors (Lipinski definition) is 1. The van der Waals surface area contributed by atoms with Crippen LogP contribution in [0.3, 0.4) is 0 Å². The maximum atomic E-state index is 13.2. The standard InChI is InChI=1S/C20H21FN2O2S2/c1-13-4-6-16(7-5-13)20-23-15(3)18(26-20)10-11-22-27(24,25)19-9-8-17(21)12-14(19)2/h4-9,12,22H,10-11H2,1-3H3. The van der Waals surface area contributed by atoms with E-state index in [1.165, 1.54) is 17.7 Å². The minimum absolute atomic E-state index is 0.102. The summed E-state index contributed by atoms with van der Waals surface area (Å²) in [6.45, 7) is 5.81. The molecule has 0 saturated heterocycles. The van der Waals surface area contributed by atoms with Gasteiger partial charge in [0.1, 0.15) is 10.8 Å². The summed E-state index contributed by atoms with van der Waals surface area (Å²) in [5, 5.41) is 0.930. The summed E-state index contributed by atoms with van der Waals surface area (Å²) in [6, 6.07) is 11.8. The van der Waals surface area contributed by atoms with Crippen LogP contribution >= 0.6 is 11.3 Å². The molecule has 0 radical (unpaired) electrons. The fourth-order valence-electron chi connectivity index (χ4n) is 2.77. The van der Waals surface area contributed by atoms with Crippen molar-refractivity contribution in [2.45, 2.75) is 32.1 Å². The van der Waals surface area contributed by atoms with Crippen LogP contribution in [0, 0.1) is 26.6 Å². The van der Waals surface area contributed by atoms with E-state index in [-0.39, 0.29) is 11.4 Å². The zero-order valence-electron chi connectivity index (χ0n) is 15.4. The molecule has 0 fully saturated rings. The van der Waals surface area contributed by atoms with Crippen molar-refractivity contribution in [2.75, 3.05) is 6.54 Å². The van der Waals surface area contributed by atoms with Gasteiger partial charge in [-0.05, 0) is 51.0 Å². The molecule has 0 aliphatic carbocycles. The monoisotopic (exact) mass is 404 g/mol. The molecule has 0 saturated carbocycles. The molecule has 142 valence electrons. The summed E-state index contributed by atoms with van der Waals surface area (Å²) in [5.74, 6) is -0.449. The van der Waals surface area contributed by atoms with Crippen molar-refractivity contribution in [1.29, 1.82) is 0 Å². The van der Waals surface area contributed by atoms with E-state index < -0.39 is 15.8 Å². The molecule has 0 atom stereocenters. The van der Waals surface area contributed by atoms with Crippen molar-refractivity contribution in [3.05, 3.63) is 70.0 Å². The van der Waals surface area contributed by atoms with Gasteiger partial charge in [-0.1, -0.05) is 29.8 Å². The van der Waals surface area contributed by atoms with E-state index in [9.17, 15) is 12.8 Å². The van der Waals surface area contributed by atoms with Crippen molar-refractivity contribution >= 4 is 21.4 Å². The molecule has 1 aromatic heterocycles. The van der Waals surface area contributed by atoms with Crippen molar-refractivity contribution in [3.8, 4) is 10.6 Å². The lowest BCUT2D eigenvalue weighted by atomic mass is 10.2. The second-order valence-corrected chi connectivity index (χ2v) is 9.27. The molecule has 0 bridgehead atoms. The Morgan fingerprint density at radius 3 is 2.44 bits per heavy atom. The van der Waals surface area contributed by atoms with E-state index in [4.69, 9.17) is 0 Å². The van der Waals surface area contributed by atoms with Gasteiger partial charge in [0.05, 0.1) is 10.6 Å². The highest BCUT2D eigenvalue weighted by atomic mass is 32.2. The Balaban J connectivity index is 1.69. The van der Waals surface area contributed by atoms with Gasteiger partial charge in [-0.25, -0.2) is 22.5 Å². The van der Waals surface area contributed by atoms with E-state index in [0.717, 1.165) is 27.2 Å². The molecule has 2 aromatic carbocycles. The highest BCUT2D eigenvalue weighted by Gasteiger charge is 2.17. The molecule has 0 amide bonds. The summed E-state index contributed by atoms with van der Waals surface area (Å²) < 4.78 is 40.7. The lowest BCUT2D eigenvalue weighted by Gasteiger charge is -2.09. The first-order valence-electron chi connectivity index (χ1n) is 8.55. The van der Waals surface area contributed by atoms with Gasteiger partial charge in [-0.2, -0.15) is 0 Å². The smallest absolute Gasteiger partial charge is 0.240 e. The van der Waals surface area contributed by atoms with E-state index >= 15 is 0 Å². The van der Waals surface area contributed by atoms with E-state index in [1.54, 1.807) is 18.3 Å². The number of rotatable bonds is 6. The molecule has 0 aliphatic rings. The van der Waals surface area contributed by atoms with Gasteiger partial charge in [0, 0.05) is 17.0 Å². The summed E-state index contributed by atoms with van der Waals surface area (Å²) in [5.41, 5.74) is 3.55. The van der Waals surface area contributed by atoms with Crippen LogP contribution in [-0.4, -0.2) is 19.9 Å². The van der Waals surface area contributed by atoms with E-state index in [0.29, 0.717) is 12.0 Å². The fraction of sp³-hybridized carbons (Fsp3) is 0.250. The summed E-state index contributed by atoms with van der Waals surface area (Å²) in [4.78, 5) is 5.75. The van der Waals surface area contributed by atoms with Crippen LogP contribution in [-0.2, 0) is 16.4 Å². The van der Waals surface area contributed by atoms with Crippen molar-refractivity contribution in [3.63, 3.8) is 0 Å². The lowest BCUT2D eigenvalue weighted by molar-refractivity contribution is 0.580. The molecule has 3 rings (SSSR count). The summed E-state index contributed by atoms with van der Waals surface area (Å²) in [7, 11) is -3.67. The average molecular weight is 405 g/mol. The maximum absolute atomic E-state index is 13.2. The van der Waals surface area contributed by atoms with E-state index in [1.807, 2.05) is 38.1 Å². The van der Waals surface area contributed by atoms with Crippen molar-refractivity contribution in [1.82, 2.24) is 9.71 Å². The highest BCUT2D eigenvalue weighted by Crippen LogP contribution is 2.28. The number of benzene rings is 2. The predicted molar refractivity (Wildman–Crippen MR) is 107 cm³/mol. The molecule has 1 heterocycles. The number of nitrogens with one attached hydrogen (secondary N) is 1. The zero-order chi connectivity index (χ0) is 19.6. The van der Waals surface area contributed by atoms with Crippen LogP contribution in [0.2, 0.25) is 0 Å². The number of aromatic nitrogens is 1. The lowest BCUT2D eigenvalue weighted by Crippen LogP contribution is -2.26. The molecule has 1 N–H and O–H groups in total. The Kier molecular flexibility index (Phi) is 5.74. The number of nitrogens with zero attached hydrogens (tertiary/aromatic N) is 1. The third kappa shape index (κ3) is 4.61. The quantitative estimate of drug-likeness (QED) is 0.663. The molecule has 0 aliphatic heterocycles. The van der Waals surface area contributed by atoms with Gasteiger partial charge in [-0.15, -0.1) is 11.3 Å². The molecule has 3 aromatic rings. The number of hydrogen-bond acceptors (Lipinski definition) is 4. The Morgan fingerprint density at radius 1 is 1.07 bits per heavy atom. The van der Waals surface area contributed by atoms with Crippen molar-refractivity contribution < 1.29 is 12.8 Å². The fourth-order valence-corrected chi connectivity index (χ4v) is 5.09. The van der Waals surface area contributed by atoms with E-state index in [2.05, 4.69) is 9.71 Å². The molecule has 4 nitrogen and oxygen atoms in total. The molecule has 0 spiro atoms. The third-order valence-corrected chi connectivity index (χ3v) is 7.15. The van der Waals surface area contributed by atoms with Crippen molar-refractivity contribution in [2.24, 2.45) is 0 Å². The van der Waals surface area contributed by atoms with Gasteiger partial charge in [0.25, 0.3) is 0 Å². The van der Waals surface area contributed by atoms with Crippen LogP contribution < -0.4 is 4.72 Å². The largest absolute Gasteiger partial charge is 0.241 e. The average Bonchev–Trinajstić information content (AvgIpc) is 2.96. The molecule has 7 heteroatoms. The Labute approximate surface area is 163 Å². The van der Waals surface area contributed by atoms with Crippen LogP contribution in [0.5, 0.6) is 0 Å². The summed E-state index contributed by atoms with van der Waals surface area (Å²) >= 11 is 1.57. The SMILES string of the molecule is Cc1ccc(-c2nc(C)c(CCNS(=O)(=O)c3ccc(F)cc3C)s2)cc1. The number of halogens is 1. The van der Waals surface area contributed by atoms with Crippen LogP contribution in [0.4, 0.5) is 4.39 Å². The normalized spacial score (nSPS) is 11.7. The topological polar surface area (TPSA) is 59.1 Å². The molecule has 0 unspecified atom stereocenters. The molecular formula is C20H21FN2O2S2. The zero-order valence-corrected chi connectivity index (χ0v) is 17.0. The second kappa shape index (κ2) is 7.88. The maximum Gasteiger partial charge on any atom is 0.240 e. The Bertz CT molecular complexity index is 1060. The van der Waals surface area contributed by atoms with Crippen LogP contribution in [0.15, 0.2) is 47.4 Å². The number of aryl methyl sites for hydroxylation is 3. The van der Waals surface area contributed by atoms with Gasteiger partial charge >= 0.3 is 0 Å². The van der Waals surface area contributed by atoms with Gasteiger partial charge < -0.3 is 0 Å². The van der Waals surface area contributed by atoms with Crippen LogP contribution in [0.1, 0.15) is 21.7 Å². The first-order valence-corrected chi connectivity index (χ1v) is 10.9. The molecular weight excluding hydrogens is 383 g/mol. The van der Waals surface area contributed by atoms with Gasteiger partial charge in [0.15, 0.2) is 0 Å². The van der Waals surface area contributed by atoms with Crippen LogP contribution in [0.25, 0.3) is 10.6 Å². The first-order chi connectivity index (χ1) is 12.8. The van der Waals surface area contributed by atoms with Gasteiger partial charge in [0.2, 0.25) is 10.0 Å². The minimum Gasteiger partial charge on any atom is -0.241 e. The van der Waals surface area contributed by atoms with Gasteiger partial charge in [-0.3, -0.25) is 0 Å². The minimum atomic E-state index is -3.67. The number of thiazole rings is 1. The Morgan fingerprint density at radius 2 is 1.78 bits per heavy atom. The first kappa shape index (κ1) is 19.7. The number of sulfonamides is 1. The highest BCUT2D eigenvalue weighted by molar-refractivity contribution is 7.89. The molecule has 27 heavy (non-hydrogen) atoms. The predicted octanol–water partition coefficient (Wildman–Crippen LogP) is 4.40. The Hall–Kier alpha value is -2.09. The summed E-state index contributed by atoms with van der Waals surface area (Å²) in [6.07, 6.45) is 0.550. The second-order valence-electron chi connectivity index (χ2n) is 6.45.